The van der Waals surface area contributed by atoms with Crippen molar-refractivity contribution in [1.29, 1.82) is 0 Å². The van der Waals surface area contributed by atoms with Crippen LogP contribution in [0.5, 0.6) is 23.0 Å². The molecule has 1 aliphatic heterocycles. The minimum atomic E-state index is -0.106. The van der Waals surface area contributed by atoms with Crippen LogP contribution in [0.2, 0.25) is 0 Å². The lowest BCUT2D eigenvalue weighted by atomic mass is 10.1. The summed E-state index contributed by atoms with van der Waals surface area (Å²) in [5.74, 6) is 2.26. The molecule has 0 unspecified atom stereocenters. The van der Waals surface area contributed by atoms with E-state index >= 15 is 0 Å². The Morgan fingerprint density at radius 3 is 2.00 bits per heavy atom. The predicted molar refractivity (Wildman–Crippen MR) is 120 cm³/mol. The van der Waals surface area contributed by atoms with E-state index in [1.807, 2.05) is 29.2 Å². The van der Waals surface area contributed by atoms with Gasteiger partial charge in [0.05, 0.1) is 27.8 Å². The van der Waals surface area contributed by atoms with Crippen LogP contribution < -0.4 is 18.9 Å². The van der Waals surface area contributed by atoms with E-state index in [0.717, 1.165) is 12.0 Å². The third-order valence-electron chi connectivity index (χ3n) is 5.42. The van der Waals surface area contributed by atoms with Gasteiger partial charge in [0, 0.05) is 26.2 Å². The SMILES string of the molecule is COc1ccc(CC(=O)N2CCCN(C(=O)COc3ccccc3OC)CC2)cc1OC. The van der Waals surface area contributed by atoms with Crippen molar-refractivity contribution >= 4 is 11.8 Å². The summed E-state index contributed by atoms with van der Waals surface area (Å²) >= 11 is 0. The quantitative estimate of drug-likeness (QED) is 0.625. The van der Waals surface area contributed by atoms with Crippen molar-refractivity contribution in [1.82, 2.24) is 9.80 Å². The fraction of sp³-hybridized carbons (Fsp3) is 0.417. The lowest BCUT2D eigenvalue weighted by Gasteiger charge is -2.22. The lowest BCUT2D eigenvalue weighted by Crippen LogP contribution is -2.39. The van der Waals surface area contributed by atoms with Gasteiger partial charge in [-0.1, -0.05) is 18.2 Å². The summed E-state index contributed by atoms with van der Waals surface area (Å²) in [7, 11) is 4.71. The minimum Gasteiger partial charge on any atom is -0.493 e. The maximum Gasteiger partial charge on any atom is 0.260 e. The summed E-state index contributed by atoms with van der Waals surface area (Å²) < 4.78 is 21.5. The molecule has 0 saturated carbocycles. The van der Waals surface area contributed by atoms with E-state index in [-0.39, 0.29) is 24.8 Å². The molecule has 172 valence electrons. The molecule has 8 nitrogen and oxygen atoms in total. The Morgan fingerprint density at radius 2 is 1.34 bits per heavy atom. The number of hydrogen-bond acceptors (Lipinski definition) is 6. The van der Waals surface area contributed by atoms with E-state index in [4.69, 9.17) is 18.9 Å². The van der Waals surface area contributed by atoms with Gasteiger partial charge in [0.25, 0.3) is 5.91 Å². The molecule has 2 amide bonds. The number of methoxy groups -OCH3 is 3. The van der Waals surface area contributed by atoms with Gasteiger partial charge in [0.15, 0.2) is 29.6 Å². The number of carbonyl (C=O) groups excluding carboxylic acids is 2. The van der Waals surface area contributed by atoms with Gasteiger partial charge in [0.1, 0.15) is 0 Å². The first-order valence-electron chi connectivity index (χ1n) is 10.6. The Morgan fingerprint density at radius 1 is 0.750 bits per heavy atom. The van der Waals surface area contributed by atoms with E-state index in [2.05, 4.69) is 0 Å². The van der Waals surface area contributed by atoms with E-state index in [0.29, 0.717) is 49.2 Å². The molecule has 1 saturated heterocycles. The Labute approximate surface area is 188 Å². The molecule has 0 spiro atoms. The standard InChI is InChI=1S/C24H30N2O6/c1-29-19-7-4-5-8-21(19)32-17-24(28)26-12-6-11-25(13-14-26)23(27)16-18-9-10-20(30-2)22(15-18)31-3/h4-5,7-10,15H,6,11-14,16-17H2,1-3H3. The number of carbonyl (C=O) groups is 2. The molecule has 0 aliphatic carbocycles. The van der Waals surface area contributed by atoms with Gasteiger partial charge in [0.2, 0.25) is 5.91 Å². The van der Waals surface area contributed by atoms with Gasteiger partial charge >= 0.3 is 0 Å². The van der Waals surface area contributed by atoms with Gasteiger partial charge in [-0.2, -0.15) is 0 Å². The average Bonchev–Trinajstić information content (AvgIpc) is 3.09. The third kappa shape index (κ3) is 5.84. The minimum absolute atomic E-state index is 0.0248. The van der Waals surface area contributed by atoms with Crippen molar-refractivity contribution in [3.63, 3.8) is 0 Å². The molecule has 0 aromatic heterocycles. The molecule has 3 rings (SSSR count). The van der Waals surface area contributed by atoms with Crippen LogP contribution in [0.1, 0.15) is 12.0 Å². The molecule has 1 fully saturated rings. The average molecular weight is 443 g/mol. The maximum absolute atomic E-state index is 12.8. The van der Waals surface area contributed by atoms with Crippen molar-refractivity contribution in [2.24, 2.45) is 0 Å². The first-order chi connectivity index (χ1) is 15.5. The molecule has 0 radical (unpaired) electrons. The zero-order valence-corrected chi connectivity index (χ0v) is 18.8. The van der Waals surface area contributed by atoms with Crippen LogP contribution in [0.3, 0.4) is 0 Å². The van der Waals surface area contributed by atoms with Crippen molar-refractivity contribution < 1.29 is 28.5 Å². The fourth-order valence-corrected chi connectivity index (χ4v) is 3.66. The van der Waals surface area contributed by atoms with E-state index in [1.165, 1.54) is 0 Å². The summed E-state index contributed by atoms with van der Waals surface area (Å²) in [4.78, 5) is 29.1. The fourth-order valence-electron chi connectivity index (χ4n) is 3.66. The summed E-state index contributed by atoms with van der Waals surface area (Å²) in [6.07, 6.45) is 0.989. The Kier molecular flexibility index (Phi) is 8.19. The molecule has 0 atom stereocenters. The molecular weight excluding hydrogens is 412 g/mol. The molecule has 0 N–H and O–H groups in total. The van der Waals surface area contributed by atoms with Crippen LogP contribution >= 0.6 is 0 Å². The van der Waals surface area contributed by atoms with Crippen molar-refractivity contribution in [3.8, 4) is 23.0 Å². The second-order valence-electron chi connectivity index (χ2n) is 7.42. The highest BCUT2D eigenvalue weighted by Gasteiger charge is 2.23. The summed E-state index contributed by atoms with van der Waals surface area (Å²) in [6, 6.07) is 12.7. The second-order valence-corrected chi connectivity index (χ2v) is 7.42. The number of amides is 2. The molecular formula is C24H30N2O6. The van der Waals surface area contributed by atoms with Crippen LogP contribution in [0.4, 0.5) is 0 Å². The third-order valence-corrected chi connectivity index (χ3v) is 5.42. The van der Waals surface area contributed by atoms with Crippen LogP contribution in [0.25, 0.3) is 0 Å². The van der Waals surface area contributed by atoms with Crippen molar-refractivity contribution in [2.45, 2.75) is 12.8 Å². The Balaban J connectivity index is 1.53. The van der Waals surface area contributed by atoms with Crippen LogP contribution in [-0.4, -0.2) is 75.7 Å². The van der Waals surface area contributed by atoms with Crippen molar-refractivity contribution in [3.05, 3.63) is 48.0 Å². The number of nitrogens with zero attached hydrogens (tertiary/aromatic N) is 2. The molecule has 0 bridgehead atoms. The molecule has 32 heavy (non-hydrogen) atoms. The number of hydrogen-bond donors (Lipinski definition) is 0. The molecule has 1 heterocycles. The summed E-state index contributed by atoms with van der Waals surface area (Å²) in [5, 5.41) is 0. The number of rotatable bonds is 8. The maximum atomic E-state index is 12.8. The highest BCUT2D eigenvalue weighted by molar-refractivity contribution is 5.80. The number of para-hydroxylation sites is 2. The molecule has 1 aliphatic rings. The predicted octanol–water partition coefficient (Wildman–Crippen LogP) is 2.39. The molecule has 8 heteroatoms. The van der Waals surface area contributed by atoms with Crippen molar-refractivity contribution in [2.75, 3.05) is 54.1 Å². The number of ether oxygens (including phenoxy) is 4. The van der Waals surface area contributed by atoms with E-state index in [9.17, 15) is 9.59 Å². The summed E-state index contributed by atoms with van der Waals surface area (Å²) in [5.41, 5.74) is 0.857. The Hall–Kier alpha value is -3.42. The highest BCUT2D eigenvalue weighted by Crippen LogP contribution is 2.28. The van der Waals surface area contributed by atoms with Gasteiger partial charge in [-0.25, -0.2) is 0 Å². The molecule has 2 aromatic carbocycles. The zero-order valence-electron chi connectivity index (χ0n) is 18.8. The first-order valence-corrected chi connectivity index (χ1v) is 10.6. The largest absolute Gasteiger partial charge is 0.493 e. The van der Waals surface area contributed by atoms with Gasteiger partial charge in [-0.15, -0.1) is 0 Å². The van der Waals surface area contributed by atoms with Gasteiger partial charge in [-0.05, 0) is 36.2 Å². The second kappa shape index (κ2) is 11.3. The van der Waals surface area contributed by atoms with Crippen LogP contribution in [0, 0.1) is 0 Å². The monoisotopic (exact) mass is 442 g/mol. The normalized spacial score (nSPS) is 13.8. The smallest absolute Gasteiger partial charge is 0.260 e. The first kappa shape index (κ1) is 23.2. The highest BCUT2D eigenvalue weighted by atomic mass is 16.5. The van der Waals surface area contributed by atoms with Crippen LogP contribution in [-0.2, 0) is 16.0 Å². The Bertz CT molecular complexity index is 932. The van der Waals surface area contributed by atoms with Crippen LogP contribution in [0.15, 0.2) is 42.5 Å². The number of benzene rings is 2. The van der Waals surface area contributed by atoms with Gasteiger partial charge < -0.3 is 28.7 Å². The molecule has 2 aromatic rings. The lowest BCUT2D eigenvalue weighted by molar-refractivity contribution is -0.134. The van der Waals surface area contributed by atoms with E-state index < -0.39 is 0 Å². The zero-order chi connectivity index (χ0) is 22.9. The topological polar surface area (TPSA) is 77.5 Å². The summed E-state index contributed by atoms with van der Waals surface area (Å²) in [6.45, 7) is 2.11. The van der Waals surface area contributed by atoms with E-state index in [1.54, 1.807) is 44.4 Å². The van der Waals surface area contributed by atoms with Gasteiger partial charge in [-0.3, -0.25) is 9.59 Å².